The highest BCUT2D eigenvalue weighted by Gasteiger charge is 2.20. The van der Waals surface area contributed by atoms with Gasteiger partial charge in [0.25, 0.3) is 0 Å². The second kappa shape index (κ2) is 5.70. The first-order chi connectivity index (χ1) is 11.2. The number of nitrogens with zero attached hydrogens (tertiary/aromatic N) is 2. The number of rotatable bonds is 4. The Hall–Kier alpha value is -2.34. The number of hydrogen-bond donors (Lipinski definition) is 3. The molecule has 0 spiro atoms. The third-order valence-corrected chi connectivity index (χ3v) is 4.45. The summed E-state index contributed by atoms with van der Waals surface area (Å²) in [7, 11) is 0. The number of halogens is 1. The fourth-order valence-corrected chi connectivity index (χ4v) is 2.86. The standard InChI is InChI=1S/C16H16ClN5O/c17-12-8-18-16(22-15(12)19-10-2-1-3-10)20-11-4-5-13-9(6-11)7-14(23)21-13/h4-6,8,10H,1-3,7H2,(H,21,23)(H2,18,19,20,22). The maximum Gasteiger partial charge on any atom is 0.229 e. The summed E-state index contributed by atoms with van der Waals surface area (Å²) < 4.78 is 0. The van der Waals surface area contributed by atoms with Gasteiger partial charge in [0.1, 0.15) is 5.02 Å². The lowest BCUT2D eigenvalue weighted by atomic mass is 9.93. The molecule has 118 valence electrons. The molecule has 4 rings (SSSR count). The zero-order chi connectivity index (χ0) is 15.8. The van der Waals surface area contributed by atoms with E-state index in [0.29, 0.717) is 29.3 Å². The highest BCUT2D eigenvalue weighted by Crippen LogP contribution is 2.29. The summed E-state index contributed by atoms with van der Waals surface area (Å²) in [6, 6.07) is 6.16. The van der Waals surface area contributed by atoms with Gasteiger partial charge in [-0.3, -0.25) is 4.79 Å². The number of fused-ring (bicyclic) bond motifs is 1. The van der Waals surface area contributed by atoms with Crippen molar-refractivity contribution in [3.8, 4) is 0 Å². The quantitative estimate of drug-likeness (QED) is 0.801. The molecular formula is C16H16ClN5O. The molecule has 2 heterocycles. The van der Waals surface area contributed by atoms with Crippen LogP contribution >= 0.6 is 11.6 Å². The number of aromatic nitrogens is 2. The van der Waals surface area contributed by atoms with Gasteiger partial charge in [-0.15, -0.1) is 0 Å². The third-order valence-electron chi connectivity index (χ3n) is 4.18. The Bertz CT molecular complexity index is 775. The molecule has 7 heteroatoms. The number of carbonyl (C=O) groups is 1. The molecule has 1 fully saturated rings. The number of hydrogen-bond acceptors (Lipinski definition) is 5. The average Bonchev–Trinajstić information content (AvgIpc) is 2.85. The van der Waals surface area contributed by atoms with Gasteiger partial charge in [-0.05, 0) is 43.0 Å². The second-order valence-electron chi connectivity index (χ2n) is 5.88. The minimum atomic E-state index is 0.0203. The predicted octanol–water partition coefficient (Wildman–Crippen LogP) is 3.33. The van der Waals surface area contributed by atoms with E-state index in [4.69, 9.17) is 11.6 Å². The Morgan fingerprint density at radius 2 is 2.17 bits per heavy atom. The molecule has 1 aliphatic heterocycles. The lowest BCUT2D eigenvalue weighted by Gasteiger charge is -2.27. The second-order valence-corrected chi connectivity index (χ2v) is 6.29. The molecule has 1 saturated carbocycles. The fraction of sp³-hybridized carbons (Fsp3) is 0.312. The highest BCUT2D eigenvalue weighted by molar-refractivity contribution is 6.32. The van der Waals surface area contributed by atoms with Crippen LogP contribution in [-0.4, -0.2) is 21.9 Å². The molecule has 2 aliphatic rings. The van der Waals surface area contributed by atoms with Crippen LogP contribution in [0.15, 0.2) is 24.4 Å². The number of nitrogens with one attached hydrogen (secondary N) is 3. The van der Waals surface area contributed by atoms with E-state index in [0.717, 1.165) is 29.8 Å². The lowest BCUT2D eigenvalue weighted by molar-refractivity contribution is -0.115. The van der Waals surface area contributed by atoms with Gasteiger partial charge >= 0.3 is 0 Å². The van der Waals surface area contributed by atoms with Crippen molar-refractivity contribution >= 4 is 40.6 Å². The highest BCUT2D eigenvalue weighted by atomic mass is 35.5. The van der Waals surface area contributed by atoms with Crippen molar-refractivity contribution < 1.29 is 4.79 Å². The van der Waals surface area contributed by atoms with Gasteiger partial charge in [-0.25, -0.2) is 4.98 Å². The normalized spacial score (nSPS) is 16.5. The van der Waals surface area contributed by atoms with E-state index < -0.39 is 0 Å². The van der Waals surface area contributed by atoms with E-state index in [1.165, 1.54) is 6.42 Å². The third kappa shape index (κ3) is 2.94. The molecule has 0 atom stereocenters. The zero-order valence-electron chi connectivity index (χ0n) is 12.4. The van der Waals surface area contributed by atoms with Gasteiger partial charge in [0.15, 0.2) is 5.82 Å². The first-order valence-corrected chi connectivity index (χ1v) is 8.04. The Kier molecular flexibility index (Phi) is 3.53. The molecule has 0 saturated heterocycles. The van der Waals surface area contributed by atoms with E-state index in [1.807, 2.05) is 18.2 Å². The summed E-state index contributed by atoms with van der Waals surface area (Å²) >= 11 is 6.16. The van der Waals surface area contributed by atoms with E-state index in [9.17, 15) is 4.79 Å². The Morgan fingerprint density at radius 1 is 1.30 bits per heavy atom. The molecule has 3 N–H and O–H groups in total. The van der Waals surface area contributed by atoms with Crippen LogP contribution in [0.1, 0.15) is 24.8 Å². The van der Waals surface area contributed by atoms with Crippen molar-refractivity contribution in [2.24, 2.45) is 0 Å². The summed E-state index contributed by atoms with van der Waals surface area (Å²) in [5.74, 6) is 1.16. The van der Waals surface area contributed by atoms with Crippen LogP contribution in [0.25, 0.3) is 0 Å². The largest absolute Gasteiger partial charge is 0.366 e. The Morgan fingerprint density at radius 3 is 2.96 bits per heavy atom. The summed E-state index contributed by atoms with van der Waals surface area (Å²) in [5, 5.41) is 9.84. The zero-order valence-corrected chi connectivity index (χ0v) is 13.2. The van der Waals surface area contributed by atoms with Crippen molar-refractivity contribution in [1.82, 2.24) is 9.97 Å². The van der Waals surface area contributed by atoms with Gasteiger partial charge in [0.05, 0.1) is 12.6 Å². The first-order valence-electron chi connectivity index (χ1n) is 7.66. The van der Waals surface area contributed by atoms with Gasteiger partial charge in [-0.2, -0.15) is 4.98 Å². The lowest BCUT2D eigenvalue weighted by Crippen LogP contribution is -2.27. The Balaban J connectivity index is 1.53. The SMILES string of the molecule is O=C1Cc2cc(Nc3ncc(Cl)c(NC4CCC4)n3)ccc2N1. The van der Waals surface area contributed by atoms with E-state index in [2.05, 4.69) is 25.9 Å². The molecule has 6 nitrogen and oxygen atoms in total. The van der Waals surface area contributed by atoms with Crippen LogP contribution < -0.4 is 16.0 Å². The average molecular weight is 330 g/mol. The topological polar surface area (TPSA) is 78.9 Å². The maximum atomic E-state index is 11.4. The summed E-state index contributed by atoms with van der Waals surface area (Å²) in [5.41, 5.74) is 2.68. The van der Waals surface area contributed by atoms with Crippen LogP contribution in [0, 0.1) is 0 Å². The smallest absolute Gasteiger partial charge is 0.229 e. The minimum absolute atomic E-state index is 0.0203. The van der Waals surface area contributed by atoms with Crippen molar-refractivity contribution in [2.45, 2.75) is 31.7 Å². The molecule has 1 aliphatic carbocycles. The monoisotopic (exact) mass is 329 g/mol. The van der Waals surface area contributed by atoms with Crippen molar-refractivity contribution in [3.05, 3.63) is 35.0 Å². The maximum absolute atomic E-state index is 11.4. The van der Waals surface area contributed by atoms with Crippen LogP contribution in [0.3, 0.4) is 0 Å². The van der Waals surface area contributed by atoms with E-state index in [1.54, 1.807) is 6.20 Å². The number of benzene rings is 1. The Labute approximate surface area is 138 Å². The van der Waals surface area contributed by atoms with Crippen molar-refractivity contribution in [1.29, 1.82) is 0 Å². The molecule has 1 aromatic carbocycles. The van der Waals surface area contributed by atoms with E-state index >= 15 is 0 Å². The number of amides is 1. The molecule has 1 amide bonds. The summed E-state index contributed by atoms with van der Waals surface area (Å²) in [4.78, 5) is 20.1. The van der Waals surface area contributed by atoms with Gasteiger partial charge in [0.2, 0.25) is 11.9 Å². The van der Waals surface area contributed by atoms with Crippen molar-refractivity contribution in [2.75, 3.05) is 16.0 Å². The van der Waals surface area contributed by atoms with Crippen LogP contribution in [-0.2, 0) is 11.2 Å². The van der Waals surface area contributed by atoms with Gasteiger partial charge in [-0.1, -0.05) is 11.6 Å². The fourth-order valence-electron chi connectivity index (χ4n) is 2.71. The molecule has 2 aromatic rings. The first kappa shape index (κ1) is 14.3. The van der Waals surface area contributed by atoms with Gasteiger partial charge < -0.3 is 16.0 Å². The summed E-state index contributed by atoms with van der Waals surface area (Å²) in [6.07, 6.45) is 5.54. The molecule has 1 aromatic heterocycles. The molecule has 0 bridgehead atoms. The number of anilines is 4. The molecule has 0 unspecified atom stereocenters. The number of carbonyl (C=O) groups excluding carboxylic acids is 1. The van der Waals surface area contributed by atoms with Crippen LogP contribution in [0.5, 0.6) is 0 Å². The molecule has 23 heavy (non-hydrogen) atoms. The minimum Gasteiger partial charge on any atom is -0.366 e. The predicted molar refractivity (Wildman–Crippen MR) is 90.4 cm³/mol. The van der Waals surface area contributed by atoms with Crippen LogP contribution in [0.2, 0.25) is 5.02 Å². The van der Waals surface area contributed by atoms with E-state index in [-0.39, 0.29) is 5.91 Å². The van der Waals surface area contributed by atoms with Crippen LogP contribution in [0.4, 0.5) is 23.1 Å². The molecular weight excluding hydrogens is 314 g/mol. The van der Waals surface area contributed by atoms with Gasteiger partial charge in [0, 0.05) is 17.4 Å². The van der Waals surface area contributed by atoms with Crippen molar-refractivity contribution in [3.63, 3.8) is 0 Å². The molecule has 0 radical (unpaired) electrons. The summed E-state index contributed by atoms with van der Waals surface area (Å²) in [6.45, 7) is 0.